The lowest BCUT2D eigenvalue weighted by Crippen LogP contribution is -2.20. The Morgan fingerprint density at radius 1 is 1.43 bits per heavy atom. The summed E-state index contributed by atoms with van der Waals surface area (Å²) in [5.41, 5.74) is 0.854. The number of aromatic nitrogens is 2. The van der Waals surface area contributed by atoms with Crippen LogP contribution in [-0.4, -0.2) is 9.78 Å². The topological polar surface area (TPSA) is 37.8 Å². The van der Waals surface area contributed by atoms with Crippen LogP contribution in [0.1, 0.15) is 46.1 Å². The molecule has 0 aliphatic carbocycles. The Morgan fingerprint density at radius 3 is 2.50 bits per heavy atom. The molecule has 80 valence electrons. The van der Waals surface area contributed by atoms with Crippen LogP contribution in [0.2, 0.25) is 0 Å². The Labute approximate surface area is 85.1 Å². The van der Waals surface area contributed by atoms with Crippen LogP contribution in [0, 0.1) is 0 Å². The lowest BCUT2D eigenvalue weighted by atomic mass is 9.89. The molecule has 0 bridgehead atoms. The summed E-state index contributed by atoms with van der Waals surface area (Å²) < 4.78 is 1.90. The van der Waals surface area contributed by atoms with Gasteiger partial charge < -0.3 is 0 Å². The lowest BCUT2D eigenvalue weighted by molar-refractivity contribution is 0.562. The Bertz CT molecular complexity index is 341. The van der Waals surface area contributed by atoms with Gasteiger partial charge >= 0.3 is 0 Å². The summed E-state index contributed by atoms with van der Waals surface area (Å²) in [4.78, 5) is 11.6. The van der Waals surface area contributed by atoms with Gasteiger partial charge in [0.2, 0.25) is 0 Å². The SMILES string of the molecule is CCCCn1cc(C(C)(C)C)c(=O)[nH]1. The molecule has 3 nitrogen and oxygen atoms in total. The van der Waals surface area contributed by atoms with Crippen molar-refractivity contribution in [1.82, 2.24) is 9.78 Å². The number of unbranched alkanes of at least 4 members (excludes halogenated alkanes) is 1. The van der Waals surface area contributed by atoms with E-state index in [9.17, 15) is 4.79 Å². The smallest absolute Gasteiger partial charge is 0.267 e. The van der Waals surface area contributed by atoms with E-state index >= 15 is 0 Å². The quantitative estimate of drug-likeness (QED) is 0.791. The van der Waals surface area contributed by atoms with Gasteiger partial charge in [0.05, 0.1) is 0 Å². The van der Waals surface area contributed by atoms with Crippen LogP contribution in [0.4, 0.5) is 0 Å². The number of hydrogen-bond donors (Lipinski definition) is 1. The molecule has 0 radical (unpaired) electrons. The van der Waals surface area contributed by atoms with Gasteiger partial charge in [-0.2, -0.15) is 0 Å². The Kier molecular flexibility index (Phi) is 3.19. The standard InChI is InChI=1S/C11H20N2O/c1-5-6-7-13-8-9(10(14)12-13)11(2,3)4/h8H,5-7H2,1-4H3,(H,12,14). The first-order valence-corrected chi connectivity index (χ1v) is 5.25. The van der Waals surface area contributed by atoms with Crippen LogP contribution in [0.25, 0.3) is 0 Å². The third-order valence-corrected chi connectivity index (χ3v) is 2.34. The van der Waals surface area contributed by atoms with Crippen molar-refractivity contribution in [2.75, 3.05) is 0 Å². The van der Waals surface area contributed by atoms with Crippen molar-refractivity contribution in [2.24, 2.45) is 0 Å². The lowest BCUT2D eigenvalue weighted by Gasteiger charge is -2.14. The summed E-state index contributed by atoms with van der Waals surface area (Å²) in [6.45, 7) is 9.22. The predicted molar refractivity (Wildman–Crippen MR) is 58.7 cm³/mol. The molecule has 0 atom stereocenters. The Balaban J connectivity index is 2.89. The molecule has 0 spiro atoms. The van der Waals surface area contributed by atoms with E-state index in [1.54, 1.807) is 0 Å². The summed E-state index contributed by atoms with van der Waals surface area (Å²) in [6, 6.07) is 0. The first-order valence-electron chi connectivity index (χ1n) is 5.25. The molecule has 0 fully saturated rings. The molecule has 1 N–H and O–H groups in total. The zero-order valence-electron chi connectivity index (χ0n) is 9.55. The molecule has 1 aromatic heterocycles. The summed E-state index contributed by atoms with van der Waals surface area (Å²) in [5.74, 6) is 0. The third kappa shape index (κ3) is 2.50. The van der Waals surface area contributed by atoms with Crippen molar-refractivity contribution in [2.45, 2.75) is 52.5 Å². The van der Waals surface area contributed by atoms with Crippen molar-refractivity contribution in [1.29, 1.82) is 0 Å². The minimum atomic E-state index is -0.0644. The second-order valence-electron chi connectivity index (χ2n) is 4.78. The van der Waals surface area contributed by atoms with Crippen molar-refractivity contribution >= 4 is 0 Å². The molecule has 1 aromatic rings. The molecule has 0 aliphatic heterocycles. The number of nitrogens with one attached hydrogen (secondary N) is 1. The number of nitrogens with zero attached hydrogens (tertiary/aromatic N) is 1. The molecule has 1 rings (SSSR count). The number of rotatable bonds is 3. The number of aryl methyl sites for hydroxylation is 1. The van der Waals surface area contributed by atoms with Crippen LogP contribution in [0.5, 0.6) is 0 Å². The maximum Gasteiger partial charge on any atom is 0.267 e. The Hall–Kier alpha value is -0.990. The summed E-state index contributed by atoms with van der Waals surface area (Å²) in [5, 5.41) is 2.85. The van der Waals surface area contributed by atoms with Crippen LogP contribution < -0.4 is 5.56 Å². The van der Waals surface area contributed by atoms with Gasteiger partial charge in [0.15, 0.2) is 0 Å². The molecule has 0 saturated heterocycles. The van der Waals surface area contributed by atoms with Crippen LogP contribution in [-0.2, 0) is 12.0 Å². The third-order valence-electron chi connectivity index (χ3n) is 2.34. The van der Waals surface area contributed by atoms with E-state index in [1.807, 2.05) is 10.9 Å². The minimum absolute atomic E-state index is 0.0496. The van der Waals surface area contributed by atoms with Crippen molar-refractivity contribution in [3.8, 4) is 0 Å². The molecule has 14 heavy (non-hydrogen) atoms. The molecule has 0 aromatic carbocycles. The zero-order valence-corrected chi connectivity index (χ0v) is 9.55. The fourth-order valence-corrected chi connectivity index (χ4v) is 1.42. The van der Waals surface area contributed by atoms with Gasteiger partial charge in [0, 0.05) is 18.3 Å². The van der Waals surface area contributed by atoms with E-state index < -0.39 is 0 Å². The molecule has 0 aliphatic rings. The maximum absolute atomic E-state index is 11.6. The monoisotopic (exact) mass is 196 g/mol. The van der Waals surface area contributed by atoms with Gasteiger partial charge in [-0.1, -0.05) is 34.1 Å². The number of H-pyrrole nitrogens is 1. The average molecular weight is 196 g/mol. The highest BCUT2D eigenvalue weighted by atomic mass is 16.1. The van der Waals surface area contributed by atoms with E-state index in [0.29, 0.717) is 0 Å². The maximum atomic E-state index is 11.6. The van der Waals surface area contributed by atoms with Gasteiger partial charge in [0.25, 0.3) is 5.56 Å². The highest BCUT2D eigenvalue weighted by Gasteiger charge is 2.19. The molecule has 1 heterocycles. The van der Waals surface area contributed by atoms with Crippen molar-refractivity contribution in [3.05, 3.63) is 22.1 Å². The van der Waals surface area contributed by atoms with Gasteiger partial charge in [-0.15, -0.1) is 0 Å². The number of aromatic amines is 1. The highest BCUT2D eigenvalue weighted by Crippen LogP contribution is 2.17. The normalized spacial score (nSPS) is 12.0. The average Bonchev–Trinajstić information content (AvgIpc) is 2.42. The van der Waals surface area contributed by atoms with Gasteiger partial charge in [-0.25, -0.2) is 0 Å². The largest absolute Gasteiger partial charge is 0.292 e. The van der Waals surface area contributed by atoms with E-state index in [4.69, 9.17) is 0 Å². The summed E-state index contributed by atoms with van der Waals surface area (Å²) in [7, 11) is 0. The molecule has 0 unspecified atom stereocenters. The molecule has 0 amide bonds. The van der Waals surface area contributed by atoms with Crippen molar-refractivity contribution < 1.29 is 0 Å². The highest BCUT2D eigenvalue weighted by molar-refractivity contribution is 5.15. The van der Waals surface area contributed by atoms with E-state index in [2.05, 4.69) is 32.8 Å². The Morgan fingerprint density at radius 2 is 2.07 bits per heavy atom. The first-order chi connectivity index (χ1) is 6.45. The second kappa shape index (κ2) is 4.03. The van der Waals surface area contributed by atoms with E-state index in [1.165, 1.54) is 0 Å². The van der Waals surface area contributed by atoms with Crippen LogP contribution in [0.15, 0.2) is 11.0 Å². The van der Waals surface area contributed by atoms with Gasteiger partial charge in [-0.3, -0.25) is 14.6 Å². The number of hydrogen-bond acceptors (Lipinski definition) is 1. The van der Waals surface area contributed by atoms with Crippen molar-refractivity contribution in [3.63, 3.8) is 0 Å². The zero-order chi connectivity index (χ0) is 10.8. The van der Waals surface area contributed by atoms with Gasteiger partial charge in [-0.05, 0) is 11.8 Å². The van der Waals surface area contributed by atoms with Gasteiger partial charge in [0.1, 0.15) is 0 Å². The summed E-state index contributed by atoms with van der Waals surface area (Å²) in [6.07, 6.45) is 4.19. The minimum Gasteiger partial charge on any atom is -0.292 e. The molecular formula is C11H20N2O. The molecule has 0 saturated carbocycles. The molecule has 3 heteroatoms. The first kappa shape index (κ1) is 11.1. The van der Waals surface area contributed by atoms with Crippen LogP contribution >= 0.6 is 0 Å². The summed E-state index contributed by atoms with van der Waals surface area (Å²) >= 11 is 0. The fraction of sp³-hybridized carbons (Fsp3) is 0.727. The predicted octanol–water partition coefficient (Wildman–Crippen LogP) is 2.27. The second-order valence-corrected chi connectivity index (χ2v) is 4.78. The van der Waals surface area contributed by atoms with E-state index in [-0.39, 0.29) is 11.0 Å². The van der Waals surface area contributed by atoms with E-state index in [0.717, 1.165) is 24.9 Å². The fourth-order valence-electron chi connectivity index (χ4n) is 1.42. The van der Waals surface area contributed by atoms with Crippen LogP contribution in [0.3, 0.4) is 0 Å². The molecular weight excluding hydrogens is 176 g/mol.